The number of esters is 1. The summed E-state index contributed by atoms with van der Waals surface area (Å²) in [5, 5.41) is 8.83. The Morgan fingerprint density at radius 3 is 0.746 bits per heavy atom. The van der Waals surface area contributed by atoms with E-state index in [4.69, 9.17) is 9.84 Å². The second-order valence-electron chi connectivity index (χ2n) is 21.8. The molecule has 0 aromatic carbocycles. The minimum atomic E-state index is 0.0302. The van der Waals surface area contributed by atoms with Gasteiger partial charge in [0.1, 0.15) is 0 Å². The number of aliphatic hydroxyl groups is 1. The van der Waals surface area contributed by atoms with Crippen molar-refractivity contribution < 1.29 is 14.6 Å². The van der Waals surface area contributed by atoms with Crippen LogP contribution in [0.2, 0.25) is 0 Å². The Morgan fingerprint density at radius 1 is 0.284 bits per heavy atom. The number of ether oxygens (including phenoxy) is 1. The number of aliphatic hydroxyl groups excluding tert-OH is 1. The highest BCUT2D eigenvalue weighted by Gasteiger charge is 2.03. The summed E-state index contributed by atoms with van der Waals surface area (Å²) in [4.78, 5) is 12.1. The van der Waals surface area contributed by atoms with Crippen molar-refractivity contribution in [2.24, 2.45) is 0 Å². The van der Waals surface area contributed by atoms with E-state index in [2.05, 4.69) is 19.1 Å². The van der Waals surface area contributed by atoms with Crippen LogP contribution >= 0.6 is 0 Å². The third kappa shape index (κ3) is 63.2. The first-order valence-corrected chi connectivity index (χ1v) is 31.7. The number of allylic oxidation sites excluding steroid dienone is 2. The summed E-state index contributed by atoms with van der Waals surface area (Å²) in [5.41, 5.74) is 0. The van der Waals surface area contributed by atoms with Crippen LogP contribution in [0, 0.1) is 0 Å². The first-order valence-electron chi connectivity index (χ1n) is 31.7. The molecule has 0 aliphatic heterocycles. The minimum Gasteiger partial charge on any atom is -0.466 e. The van der Waals surface area contributed by atoms with Crippen molar-refractivity contribution in [1.29, 1.82) is 0 Å². The summed E-state index contributed by atoms with van der Waals surface area (Å²) >= 11 is 0. The maximum atomic E-state index is 12.1. The fourth-order valence-electron chi connectivity index (χ4n) is 10.2. The molecule has 67 heavy (non-hydrogen) atoms. The molecule has 0 saturated heterocycles. The molecule has 0 aliphatic carbocycles. The third-order valence-corrected chi connectivity index (χ3v) is 15.0. The van der Waals surface area contributed by atoms with Crippen LogP contribution in [-0.4, -0.2) is 24.3 Å². The van der Waals surface area contributed by atoms with Crippen LogP contribution in [-0.2, 0) is 9.53 Å². The predicted octanol–water partition coefficient (Wildman–Crippen LogP) is 22.7. The normalized spacial score (nSPS) is 11.7. The van der Waals surface area contributed by atoms with Gasteiger partial charge in [-0.05, 0) is 44.9 Å². The van der Waals surface area contributed by atoms with Crippen molar-refractivity contribution in [3.63, 3.8) is 0 Å². The smallest absolute Gasteiger partial charge is 0.305 e. The lowest BCUT2D eigenvalue weighted by atomic mass is 10.0. The highest BCUT2D eigenvalue weighted by molar-refractivity contribution is 5.69. The molecule has 0 saturated carbocycles. The Balaban J connectivity index is 3.15. The van der Waals surface area contributed by atoms with Crippen LogP contribution in [0.3, 0.4) is 0 Å². The number of carbonyl (C=O) groups is 1. The van der Waals surface area contributed by atoms with Crippen LogP contribution in [0.5, 0.6) is 0 Å². The lowest BCUT2D eigenvalue weighted by molar-refractivity contribution is -0.143. The first kappa shape index (κ1) is 66.2. The van der Waals surface area contributed by atoms with Crippen LogP contribution in [0.1, 0.15) is 379 Å². The van der Waals surface area contributed by atoms with Gasteiger partial charge < -0.3 is 9.84 Å². The summed E-state index contributed by atoms with van der Waals surface area (Å²) < 4.78 is 5.52. The lowest BCUT2D eigenvalue weighted by Crippen LogP contribution is -2.05. The standard InChI is InChI=1S/C64H126O3/c1-2-3-4-5-6-7-8-9-10-11-12-31-34-37-40-43-46-49-52-55-58-61-64(66)67-63-60-57-54-51-48-45-42-39-36-33-30-28-26-24-22-20-18-16-14-13-15-17-19-21-23-25-27-29-32-35-38-41-44-47-50-53-56-59-62-65/h9-10,65H,2-8,11-63H2,1H3. The van der Waals surface area contributed by atoms with E-state index in [1.165, 1.54) is 347 Å². The molecule has 1 N–H and O–H groups in total. The molecule has 0 rings (SSSR count). The molecule has 0 aliphatic rings. The molecule has 0 unspecified atom stereocenters. The van der Waals surface area contributed by atoms with E-state index in [1.54, 1.807) is 0 Å². The van der Waals surface area contributed by atoms with E-state index in [-0.39, 0.29) is 5.97 Å². The molecule has 0 fully saturated rings. The average Bonchev–Trinajstić information content (AvgIpc) is 3.33. The Hall–Kier alpha value is -0.830. The minimum absolute atomic E-state index is 0.0302. The van der Waals surface area contributed by atoms with Crippen LogP contribution in [0.15, 0.2) is 12.2 Å². The Morgan fingerprint density at radius 2 is 0.493 bits per heavy atom. The molecule has 3 nitrogen and oxygen atoms in total. The molecular weight excluding hydrogens is 817 g/mol. The van der Waals surface area contributed by atoms with Crippen LogP contribution < -0.4 is 0 Å². The number of rotatable bonds is 61. The number of hydrogen-bond donors (Lipinski definition) is 1. The summed E-state index contributed by atoms with van der Waals surface area (Å²) in [7, 11) is 0. The molecule has 0 spiro atoms. The summed E-state index contributed by atoms with van der Waals surface area (Å²) in [6.07, 6.45) is 84.4. The quantitative estimate of drug-likeness (QED) is 0.0375. The molecule has 0 aromatic heterocycles. The monoisotopic (exact) mass is 943 g/mol. The van der Waals surface area contributed by atoms with Gasteiger partial charge in [-0.2, -0.15) is 0 Å². The lowest BCUT2D eigenvalue weighted by Gasteiger charge is -2.06. The van der Waals surface area contributed by atoms with Gasteiger partial charge in [0.2, 0.25) is 0 Å². The second kappa shape index (κ2) is 63.2. The van der Waals surface area contributed by atoms with Gasteiger partial charge >= 0.3 is 5.97 Å². The van der Waals surface area contributed by atoms with Gasteiger partial charge in [-0.25, -0.2) is 0 Å². The van der Waals surface area contributed by atoms with E-state index in [0.717, 1.165) is 19.3 Å². The number of hydrogen-bond acceptors (Lipinski definition) is 3. The van der Waals surface area contributed by atoms with E-state index in [0.29, 0.717) is 19.6 Å². The molecule has 3 heteroatoms. The van der Waals surface area contributed by atoms with E-state index < -0.39 is 0 Å². The van der Waals surface area contributed by atoms with Gasteiger partial charge in [0.25, 0.3) is 0 Å². The van der Waals surface area contributed by atoms with Crippen molar-refractivity contribution >= 4 is 5.97 Å². The van der Waals surface area contributed by atoms with Crippen LogP contribution in [0.4, 0.5) is 0 Å². The maximum absolute atomic E-state index is 12.1. The van der Waals surface area contributed by atoms with E-state index in [9.17, 15) is 4.79 Å². The topological polar surface area (TPSA) is 46.5 Å². The van der Waals surface area contributed by atoms with Crippen molar-refractivity contribution in [1.82, 2.24) is 0 Å². The fraction of sp³-hybridized carbons (Fsp3) is 0.953. The van der Waals surface area contributed by atoms with Gasteiger partial charge in [0.05, 0.1) is 6.61 Å². The van der Waals surface area contributed by atoms with Gasteiger partial charge in [0, 0.05) is 13.0 Å². The zero-order valence-corrected chi connectivity index (χ0v) is 46.3. The molecule has 400 valence electrons. The van der Waals surface area contributed by atoms with Gasteiger partial charge in [-0.15, -0.1) is 0 Å². The van der Waals surface area contributed by atoms with E-state index >= 15 is 0 Å². The highest BCUT2D eigenvalue weighted by Crippen LogP contribution is 2.19. The Labute approximate surface area is 423 Å². The fourth-order valence-corrected chi connectivity index (χ4v) is 10.2. The van der Waals surface area contributed by atoms with Crippen molar-refractivity contribution in [2.45, 2.75) is 379 Å². The van der Waals surface area contributed by atoms with Crippen molar-refractivity contribution in [3.05, 3.63) is 12.2 Å². The second-order valence-corrected chi connectivity index (χ2v) is 21.8. The third-order valence-electron chi connectivity index (χ3n) is 15.0. The molecule has 0 heterocycles. The molecule has 0 bridgehead atoms. The molecule has 0 atom stereocenters. The van der Waals surface area contributed by atoms with Crippen molar-refractivity contribution in [2.75, 3.05) is 13.2 Å². The highest BCUT2D eigenvalue weighted by atomic mass is 16.5. The largest absolute Gasteiger partial charge is 0.466 e. The van der Waals surface area contributed by atoms with Crippen molar-refractivity contribution in [3.8, 4) is 0 Å². The molecule has 0 aromatic rings. The average molecular weight is 944 g/mol. The first-order chi connectivity index (χ1) is 33.3. The maximum Gasteiger partial charge on any atom is 0.305 e. The summed E-state index contributed by atoms with van der Waals surface area (Å²) in [5.74, 6) is 0.0302. The summed E-state index contributed by atoms with van der Waals surface area (Å²) in [6, 6.07) is 0. The number of carbonyl (C=O) groups excluding carboxylic acids is 1. The molecule has 0 radical (unpaired) electrons. The van der Waals surface area contributed by atoms with Gasteiger partial charge in [-0.1, -0.05) is 340 Å². The Bertz CT molecular complexity index is 898. The number of unbranched alkanes of at least 4 members (excludes halogenated alkanes) is 54. The van der Waals surface area contributed by atoms with Gasteiger partial charge in [-0.3, -0.25) is 4.79 Å². The van der Waals surface area contributed by atoms with Gasteiger partial charge in [0.15, 0.2) is 0 Å². The Kier molecular flexibility index (Phi) is 62.4. The zero-order valence-electron chi connectivity index (χ0n) is 46.3. The predicted molar refractivity (Wildman–Crippen MR) is 301 cm³/mol. The molecular formula is C64H126O3. The SMILES string of the molecule is CCCCCCCCC=CCCCCCCCCCCCCCC(=O)OCCCCCCCCCCCCCCCCCCCCCCCCCCCCCCCCCCCCCCCCO. The zero-order chi connectivity index (χ0) is 48.1. The summed E-state index contributed by atoms with van der Waals surface area (Å²) in [6.45, 7) is 3.29. The van der Waals surface area contributed by atoms with E-state index in [1.807, 2.05) is 0 Å². The van der Waals surface area contributed by atoms with Crippen LogP contribution in [0.25, 0.3) is 0 Å². The molecule has 0 amide bonds.